The minimum Gasteiger partial charge on any atom is -0.399 e. The largest absolute Gasteiger partial charge is 0.399 e. The second kappa shape index (κ2) is 8.97. The van der Waals surface area contributed by atoms with Crippen LogP contribution in [-0.4, -0.2) is 25.9 Å². The fraction of sp³-hybridized carbons (Fsp3) is 0. The van der Waals surface area contributed by atoms with Crippen LogP contribution >= 0.6 is 0 Å². The highest BCUT2D eigenvalue weighted by atomic mass is 32.2. The first-order chi connectivity index (χ1) is 14.9. The average molecular weight is 473 g/mol. The van der Waals surface area contributed by atoms with Crippen molar-refractivity contribution in [3.8, 4) is 0 Å². The standard InChI is InChI=1S/C22H20N2O6S2/c23-19-11-9-17(21(13-19)31(25,26)27)7-5-15-1-2-16(4-3-15)6-8-18-10-12-20(24)14-22(18)32(28,29)30/h1-14H,23-24H2,(H,25,26,27)(H,28,29,30). The lowest BCUT2D eigenvalue weighted by molar-refractivity contribution is 0.481. The number of nitrogen functional groups attached to an aromatic ring is 2. The van der Waals surface area contributed by atoms with Crippen molar-refractivity contribution < 1.29 is 25.9 Å². The lowest BCUT2D eigenvalue weighted by Gasteiger charge is -2.05. The predicted octanol–water partition coefficient (Wildman–Crippen LogP) is 3.69. The minimum atomic E-state index is -4.43. The molecule has 0 aromatic heterocycles. The van der Waals surface area contributed by atoms with E-state index >= 15 is 0 Å². The molecule has 0 saturated carbocycles. The van der Waals surface area contributed by atoms with E-state index in [2.05, 4.69) is 0 Å². The molecule has 0 unspecified atom stereocenters. The molecule has 0 bridgehead atoms. The Bertz CT molecular complexity index is 1320. The van der Waals surface area contributed by atoms with E-state index in [0.29, 0.717) is 0 Å². The number of hydrogen-bond donors (Lipinski definition) is 4. The summed E-state index contributed by atoms with van der Waals surface area (Å²) in [6, 6.07) is 15.5. The lowest BCUT2D eigenvalue weighted by atomic mass is 10.1. The zero-order valence-electron chi connectivity index (χ0n) is 16.6. The van der Waals surface area contributed by atoms with E-state index < -0.39 is 20.2 Å². The van der Waals surface area contributed by atoms with Gasteiger partial charge in [-0.15, -0.1) is 0 Å². The van der Waals surface area contributed by atoms with Gasteiger partial charge in [-0.2, -0.15) is 16.8 Å². The molecule has 6 N–H and O–H groups in total. The molecule has 0 aliphatic rings. The molecule has 0 heterocycles. The van der Waals surface area contributed by atoms with Crippen LogP contribution in [0.4, 0.5) is 11.4 Å². The van der Waals surface area contributed by atoms with Gasteiger partial charge >= 0.3 is 0 Å². The monoisotopic (exact) mass is 472 g/mol. The van der Waals surface area contributed by atoms with Crippen LogP contribution in [0.2, 0.25) is 0 Å². The summed E-state index contributed by atoms with van der Waals surface area (Å²) in [4.78, 5) is -0.571. The van der Waals surface area contributed by atoms with Crippen molar-refractivity contribution >= 4 is 55.9 Å². The molecule has 166 valence electrons. The normalized spacial score (nSPS) is 12.6. The summed E-state index contributed by atoms with van der Waals surface area (Å²) in [5.41, 5.74) is 13.7. The van der Waals surface area contributed by atoms with E-state index in [1.807, 2.05) is 0 Å². The number of nitrogens with two attached hydrogens (primary N) is 2. The van der Waals surface area contributed by atoms with Crippen LogP contribution in [0.3, 0.4) is 0 Å². The molecule has 3 aromatic rings. The zero-order valence-corrected chi connectivity index (χ0v) is 18.2. The van der Waals surface area contributed by atoms with Crippen molar-refractivity contribution in [2.24, 2.45) is 0 Å². The summed E-state index contributed by atoms with van der Waals surface area (Å²) in [7, 11) is -8.85. The summed E-state index contributed by atoms with van der Waals surface area (Å²) < 4.78 is 65.0. The molecule has 8 nitrogen and oxygen atoms in total. The maximum absolute atomic E-state index is 11.6. The first-order valence-electron chi connectivity index (χ1n) is 9.14. The maximum Gasteiger partial charge on any atom is 0.295 e. The van der Waals surface area contributed by atoms with Crippen LogP contribution in [0.1, 0.15) is 22.3 Å². The highest BCUT2D eigenvalue weighted by Crippen LogP contribution is 2.23. The second-order valence-electron chi connectivity index (χ2n) is 6.88. The smallest absolute Gasteiger partial charge is 0.295 e. The molecule has 10 heteroatoms. The molecule has 0 radical (unpaired) electrons. The Labute approximate surface area is 186 Å². The number of benzene rings is 3. The van der Waals surface area contributed by atoms with E-state index in [0.717, 1.165) is 11.1 Å². The molecule has 32 heavy (non-hydrogen) atoms. The van der Waals surface area contributed by atoms with Crippen molar-refractivity contribution in [3.05, 3.63) is 82.9 Å². The second-order valence-corrected chi connectivity index (χ2v) is 9.66. The summed E-state index contributed by atoms with van der Waals surface area (Å²) in [6.07, 6.45) is 6.43. The molecule has 0 aliphatic carbocycles. The molecular weight excluding hydrogens is 452 g/mol. The van der Waals surface area contributed by atoms with Crippen molar-refractivity contribution in [1.29, 1.82) is 0 Å². The first kappa shape index (κ1) is 23.2. The Hall–Kier alpha value is -3.44. The SMILES string of the molecule is Nc1ccc(C=Cc2ccc(C=Cc3ccc(N)cc3S(=O)(=O)O)cc2)c(S(=O)(=O)O)c1. The third-order valence-electron chi connectivity index (χ3n) is 4.48. The number of hydrogen-bond acceptors (Lipinski definition) is 6. The van der Waals surface area contributed by atoms with Gasteiger partial charge in [0.15, 0.2) is 0 Å². The van der Waals surface area contributed by atoms with Gasteiger partial charge in [0, 0.05) is 11.4 Å². The van der Waals surface area contributed by atoms with Crippen LogP contribution < -0.4 is 11.5 Å². The Morgan fingerprint density at radius 2 is 0.906 bits per heavy atom. The van der Waals surface area contributed by atoms with Crippen LogP contribution in [0.5, 0.6) is 0 Å². The summed E-state index contributed by atoms with van der Waals surface area (Å²) >= 11 is 0. The van der Waals surface area contributed by atoms with Gasteiger partial charge in [0.25, 0.3) is 20.2 Å². The van der Waals surface area contributed by atoms with E-state index in [-0.39, 0.29) is 32.3 Å². The van der Waals surface area contributed by atoms with E-state index in [1.165, 1.54) is 36.4 Å². The van der Waals surface area contributed by atoms with E-state index in [9.17, 15) is 25.9 Å². The Morgan fingerprint density at radius 1 is 0.562 bits per heavy atom. The molecule has 0 amide bonds. The molecule has 3 rings (SSSR count). The summed E-state index contributed by atoms with van der Waals surface area (Å²) in [5, 5.41) is 0. The fourth-order valence-electron chi connectivity index (χ4n) is 2.91. The van der Waals surface area contributed by atoms with Gasteiger partial charge in [0.1, 0.15) is 9.79 Å². The lowest BCUT2D eigenvalue weighted by Crippen LogP contribution is -2.02. The third kappa shape index (κ3) is 5.83. The first-order valence-corrected chi connectivity index (χ1v) is 12.0. The number of anilines is 2. The average Bonchev–Trinajstić information content (AvgIpc) is 2.71. The fourth-order valence-corrected chi connectivity index (χ4v) is 4.35. The molecule has 0 aliphatic heterocycles. The highest BCUT2D eigenvalue weighted by molar-refractivity contribution is 7.86. The van der Waals surface area contributed by atoms with Gasteiger partial charge in [-0.1, -0.05) is 60.7 Å². The molecule has 3 aromatic carbocycles. The quantitative estimate of drug-likeness (QED) is 0.240. The molecular formula is C22H20N2O6S2. The van der Waals surface area contributed by atoms with Gasteiger partial charge < -0.3 is 11.5 Å². The van der Waals surface area contributed by atoms with Gasteiger partial charge in [-0.25, -0.2) is 0 Å². The van der Waals surface area contributed by atoms with Crippen LogP contribution in [0, 0.1) is 0 Å². The summed E-state index contributed by atoms with van der Waals surface area (Å²) in [5.74, 6) is 0. The van der Waals surface area contributed by atoms with Gasteiger partial charge in [0.05, 0.1) is 0 Å². The van der Waals surface area contributed by atoms with Gasteiger partial charge in [0.2, 0.25) is 0 Å². The molecule has 0 saturated heterocycles. The third-order valence-corrected chi connectivity index (χ3v) is 6.30. The maximum atomic E-state index is 11.6. The van der Waals surface area contributed by atoms with Gasteiger partial charge in [-0.3, -0.25) is 9.11 Å². The molecule has 0 atom stereocenters. The zero-order chi connectivity index (χ0) is 23.5. The van der Waals surface area contributed by atoms with Crippen LogP contribution in [-0.2, 0) is 20.2 Å². The number of rotatable bonds is 6. The Morgan fingerprint density at radius 3 is 1.22 bits per heavy atom. The van der Waals surface area contributed by atoms with Gasteiger partial charge in [-0.05, 0) is 46.5 Å². The van der Waals surface area contributed by atoms with Crippen molar-refractivity contribution in [2.45, 2.75) is 9.79 Å². The molecule has 0 spiro atoms. The minimum absolute atomic E-state index is 0.212. The predicted molar refractivity (Wildman–Crippen MR) is 126 cm³/mol. The summed E-state index contributed by atoms with van der Waals surface area (Å²) in [6.45, 7) is 0. The topological polar surface area (TPSA) is 161 Å². The van der Waals surface area contributed by atoms with Crippen molar-refractivity contribution in [3.63, 3.8) is 0 Å². The molecule has 0 fully saturated rings. The van der Waals surface area contributed by atoms with Crippen molar-refractivity contribution in [2.75, 3.05) is 11.5 Å². The van der Waals surface area contributed by atoms with E-state index in [4.69, 9.17) is 11.5 Å². The van der Waals surface area contributed by atoms with E-state index in [1.54, 1.807) is 48.6 Å². The van der Waals surface area contributed by atoms with Crippen LogP contribution in [0.25, 0.3) is 24.3 Å². The highest BCUT2D eigenvalue weighted by Gasteiger charge is 2.15. The Balaban J connectivity index is 1.83. The van der Waals surface area contributed by atoms with Crippen molar-refractivity contribution in [1.82, 2.24) is 0 Å². The van der Waals surface area contributed by atoms with Crippen LogP contribution in [0.15, 0.2) is 70.5 Å². The Kier molecular flexibility index (Phi) is 6.51.